The third-order valence-electron chi connectivity index (χ3n) is 1.63. The van der Waals surface area contributed by atoms with Crippen LogP contribution in [-0.2, 0) is 4.79 Å². The van der Waals surface area contributed by atoms with Gasteiger partial charge in [0.15, 0.2) is 0 Å². The van der Waals surface area contributed by atoms with Crippen molar-refractivity contribution in [1.82, 2.24) is 0 Å². The maximum absolute atomic E-state index is 10.4. The second kappa shape index (κ2) is 6.35. The lowest BCUT2D eigenvalue weighted by Gasteiger charge is -2.06. The molecule has 1 atom stereocenters. The Morgan fingerprint density at radius 2 is 2.00 bits per heavy atom. The molecule has 0 amide bonds. The molecule has 12 heavy (non-hydrogen) atoms. The topological polar surface area (TPSA) is 37.3 Å². The summed E-state index contributed by atoms with van der Waals surface area (Å²) in [5, 5.41) is 8.58. The molecule has 0 rings (SSSR count). The summed E-state index contributed by atoms with van der Waals surface area (Å²) >= 11 is 1.74. The quantitative estimate of drug-likeness (QED) is 0.654. The highest BCUT2D eigenvalue weighted by atomic mass is 32.2. The molecule has 0 saturated heterocycles. The molecule has 0 radical (unpaired) electrons. The zero-order valence-electron chi connectivity index (χ0n) is 8.04. The predicted octanol–water partition coefficient (Wildman–Crippen LogP) is 2.49. The highest BCUT2D eigenvalue weighted by Crippen LogP contribution is 2.12. The molecule has 0 heterocycles. The molecule has 0 aliphatic heterocycles. The predicted molar refractivity (Wildman–Crippen MR) is 53.6 cm³/mol. The highest BCUT2D eigenvalue weighted by Gasteiger charge is 2.09. The third-order valence-corrected chi connectivity index (χ3v) is 2.89. The number of carboxylic acids is 1. The molecule has 2 nitrogen and oxygen atoms in total. The van der Waals surface area contributed by atoms with Crippen molar-refractivity contribution in [2.24, 2.45) is 11.8 Å². The van der Waals surface area contributed by atoms with Crippen LogP contribution in [0.25, 0.3) is 0 Å². The minimum atomic E-state index is -0.688. The minimum Gasteiger partial charge on any atom is -0.481 e. The molecule has 1 N–H and O–H groups in total. The Labute approximate surface area is 78.7 Å². The summed E-state index contributed by atoms with van der Waals surface area (Å²) in [6, 6.07) is 0. The van der Waals surface area contributed by atoms with Crippen molar-refractivity contribution in [3.05, 3.63) is 0 Å². The van der Waals surface area contributed by atoms with Gasteiger partial charge in [0.2, 0.25) is 0 Å². The van der Waals surface area contributed by atoms with E-state index >= 15 is 0 Å². The Bertz CT molecular complexity index is 134. The maximum atomic E-state index is 10.4. The summed E-state index contributed by atoms with van der Waals surface area (Å²) in [4.78, 5) is 10.4. The van der Waals surface area contributed by atoms with Crippen LogP contribution in [0.1, 0.15) is 27.2 Å². The summed E-state index contributed by atoms with van der Waals surface area (Å²) in [5.74, 6) is 1.64. The van der Waals surface area contributed by atoms with E-state index in [1.165, 1.54) is 6.42 Å². The molecule has 0 aromatic heterocycles. The number of aliphatic carboxylic acids is 1. The van der Waals surface area contributed by atoms with Gasteiger partial charge < -0.3 is 5.11 Å². The van der Waals surface area contributed by atoms with Crippen molar-refractivity contribution < 1.29 is 9.90 Å². The molecule has 0 fully saturated rings. The lowest BCUT2D eigenvalue weighted by molar-refractivity contribution is -0.140. The van der Waals surface area contributed by atoms with E-state index in [1.807, 2.05) is 0 Å². The van der Waals surface area contributed by atoms with Gasteiger partial charge in [-0.2, -0.15) is 11.8 Å². The Morgan fingerprint density at radius 1 is 1.42 bits per heavy atom. The molecule has 0 spiro atoms. The summed E-state index contributed by atoms with van der Waals surface area (Å²) in [6.45, 7) is 6.12. The molecule has 3 heteroatoms. The standard InChI is InChI=1S/C9H18O2S/c1-7(2)4-5-12-6-8(3)9(10)11/h7-8H,4-6H2,1-3H3,(H,10,11). The fraction of sp³-hybridized carbons (Fsp3) is 0.889. The number of carboxylic acid groups (broad SMARTS) is 1. The van der Waals surface area contributed by atoms with Crippen molar-refractivity contribution in [1.29, 1.82) is 0 Å². The number of carbonyl (C=O) groups is 1. The number of thioether (sulfide) groups is 1. The largest absolute Gasteiger partial charge is 0.481 e. The van der Waals surface area contributed by atoms with Gasteiger partial charge >= 0.3 is 5.97 Å². The maximum Gasteiger partial charge on any atom is 0.307 e. The van der Waals surface area contributed by atoms with Crippen LogP contribution in [0.4, 0.5) is 0 Å². The van der Waals surface area contributed by atoms with Crippen LogP contribution in [0.2, 0.25) is 0 Å². The summed E-state index contributed by atoms with van der Waals surface area (Å²) < 4.78 is 0. The molecule has 72 valence electrons. The summed E-state index contributed by atoms with van der Waals surface area (Å²) in [7, 11) is 0. The molecule has 0 aromatic carbocycles. The molecule has 1 unspecified atom stereocenters. The van der Waals surface area contributed by atoms with Gasteiger partial charge in [0.05, 0.1) is 5.92 Å². The van der Waals surface area contributed by atoms with Gasteiger partial charge in [-0.25, -0.2) is 0 Å². The molecule has 0 aliphatic carbocycles. The van der Waals surface area contributed by atoms with Gasteiger partial charge in [-0.05, 0) is 18.1 Å². The van der Waals surface area contributed by atoms with Crippen molar-refractivity contribution in [3.8, 4) is 0 Å². The number of rotatable bonds is 6. The van der Waals surface area contributed by atoms with E-state index in [1.54, 1.807) is 18.7 Å². The molecule has 0 aromatic rings. The zero-order valence-corrected chi connectivity index (χ0v) is 8.86. The first-order valence-corrected chi connectivity index (χ1v) is 5.50. The monoisotopic (exact) mass is 190 g/mol. The van der Waals surface area contributed by atoms with Crippen molar-refractivity contribution in [2.45, 2.75) is 27.2 Å². The van der Waals surface area contributed by atoms with Crippen LogP contribution in [0.3, 0.4) is 0 Å². The Balaban J connectivity index is 3.25. The molecule has 0 aliphatic rings. The van der Waals surface area contributed by atoms with Gasteiger partial charge in [-0.3, -0.25) is 4.79 Å². The van der Waals surface area contributed by atoms with Crippen LogP contribution >= 0.6 is 11.8 Å². The zero-order chi connectivity index (χ0) is 9.56. The molecule has 0 saturated carbocycles. The van der Waals surface area contributed by atoms with E-state index in [0.717, 1.165) is 17.4 Å². The van der Waals surface area contributed by atoms with E-state index in [9.17, 15) is 4.79 Å². The second-order valence-electron chi connectivity index (χ2n) is 3.50. The third kappa shape index (κ3) is 6.53. The Kier molecular flexibility index (Phi) is 6.25. The van der Waals surface area contributed by atoms with E-state index in [4.69, 9.17) is 5.11 Å². The van der Waals surface area contributed by atoms with Gasteiger partial charge in [0.25, 0.3) is 0 Å². The van der Waals surface area contributed by atoms with Crippen LogP contribution < -0.4 is 0 Å². The summed E-state index contributed by atoms with van der Waals surface area (Å²) in [5.41, 5.74) is 0. The van der Waals surface area contributed by atoms with Crippen LogP contribution in [0.15, 0.2) is 0 Å². The molecule has 0 bridgehead atoms. The Hall–Kier alpha value is -0.180. The lowest BCUT2D eigenvalue weighted by Crippen LogP contribution is -2.12. The van der Waals surface area contributed by atoms with Crippen LogP contribution in [-0.4, -0.2) is 22.6 Å². The fourth-order valence-electron chi connectivity index (χ4n) is 0.650. The van der Waals surface area contributed by atoms with Gasteiger partial charge in [-0.1, -0.05) is 20.8 Å². The van der Waals surface area contributed by atoms with E-state index in [0.29, 0.717) is 0 Å². The lowest BCUT2D eigenvalue weighted by atomic mass is 10.2. The van der Waals surface area contributed by atoms with Gasteiger partial charge in [0, 0.05) is 5.75 Å². The smallest absolute Gasteiger partial charge is 0.307 e. The average molecular weight is 190 g/mol. The van der Waals surface area contributed by atoms with Crippen molar-refractivity contribution >= 4 is 17.7 Å². The normalized spacial score (nSPS) is 13.3. The van der Waals surface area contributed by atoms with Gasteiger partial charge in [0.1, 0.15) is 0 Å². The van der Waals surface area contributed by atoms with Crippen LogP contribution in [0, 0.1) is 11.8 Å². The molecular weight excluding hydrogens is 172 g/mol. The summed E-state index contributed by atoms with van der Waals surface area (Å²) in [6.07, 6.45) is 1.18. The van der Waals surface area contributed by atoms with Gasteiger partial charge in [-0.15, -0.1) is 0 Å². The average Bonchev–Trinajstić information content (AvgIpc) is 1.97. The van der Waals surface area contributed by atoms with E-state index < -0.39 is 5.97 Å². The highest BCUT2D eigenvalue weighted by molar-refractivity contribution is 7.99. The number of hydrogen-bond donors (Lipinski definition) is 1. The van der Waals surface area contributed by atoms with Crippen LogP contribution in [0.5, 0.6) is 0 Å². The first-order chi connectivity index (χ1) is 5.54. The molecular formula is C9H18O2S. The minimum absolute atomic E-state index is 0.206. The fourth-order valence-corrected chi connectivity index (χ4v) is 1.95. The number of hydrogen-bond acceptors (Lipinski definition) is 2. The first kappa shape index (κ1) is 11.8. The second-order valence-corrected chi connectivity index (χ2v) is 4.65. The van der Waals surface area contributed by atoms with Crippen molar-refractivity contribution in [2.75, 3.05) is 11.5 Å². The van der Waals surface area contributed by atoms with E-state index in [-0.39, 0.29) is 5.92 Å². The Morgan fingerprint density at radius 3 is 2.42 bits per heavy atom. The van der Waals surface area contributed by atoms with E-state index in [2.05, 4.69) is 13.8 Å². The van der Waals surface area contributed by atoms with Crippen molar-refractivity contribution in [3.63, 3.8) is 0 Å². The SMILES string of the molecule is CC(C)CCSCC(C)C(=O)O. The first-order valence-electron chi connectivity index (χ1n) is 4.34.